The minimum atomic E-state index is -0.510. The predicted octanol–water partition coefficient (Wildman–Crippen LogP) is 3.87. The lowest BCUT2D eigenvalue weighted by Gasteiger charge is -2.39. The number of guanidine groups is 1. The van der Waals surface area contributed by atoms with E-state index in [4.69, 9.17) is 0 Å². The molecule has 2 unspecified atom stereocenters. The average molecular weight is 524 g/mol. The maximum Gasteiger partial charge on any atom is 0.254 e. The molecule has 1 aliphatic heterocycles. The molecule has 1 heterocycles. The topological polar surface area (TPSA) is 56.7 Å². The molecular formula is C23H30FIN4O. The van der Waals surface area contributed by atoms with Crippen molar-refractivity contribution in [1.82, 2.24) is 15.5 Å². The number of carbonyl (C=O) groups is 1. The van der Waals surface area contributed by atoms with Gasteiger partial charge in [0.2, 0.25) is 0 Å². The van der Waals surface area contributed by atoms with Gasteiger partial charge < -0.3 is 15.5 Å². The summed E-state index contributed by atoms with van der Waals surface area (Å²) in [6, 6.07) is 16.7. The Labute approximate surface area is 195 Å². The molecule has 5 nitrogen and oxygen atoms in total. The zero-order chi connectivity index (χ0) is 20.6. The number of aliphatic imine (C=N–C) groups is 1. The Morgan fingerprint density at radius 1 is 1.10 bits per heavy atom. The van der Waals surface area contributed by atoms with E-state index in [0.29, 0.717) is 24.9 Å². The van der Waals surface area contributed by atoms with Crippen LogP contribution in [-0.2, 0) is 0 Å². The summed E-state index contributed by atoms with van der Waals surface area (Å²) >= 11 is 0. The molecule has 30 heavy (non-hydrogen) atoms. The lowest BCUT2D eigenvalue weighted by atomic mass is 9.82. The highest BCUT2D eigenvalue weighted by molar-refractivity contribution is 14.0. The molecule has 0 spiro atoms. The molecule has 0 bridgehead atoms. The number of halogens is 2. The van der Waals surface area contributed by atoms with Crippen molar-refractivity contribution < 1.29 is 9.18 Å². The molecule has 162 valence electrons. The van der Waals surface area contributed by atoms with E-state index in [2.05, 4.69) is 57.8 Å². The first-order chi connectivity index (χ1) is 14.1. The van der Waals surface area contributed by atoms with Crippen LogP contribution in [-0.4, -0.2) is 50.0 Å². The van der Waals surface area contributed by atoms with Crippen molar-refractivity contribution >= 4 is 35.8 Å². The van der Waals surface area contributed by atoms with Gasteiger partial charge in [0, 0.05) is 33.2 Å². The quantitative estimate of drug-likeness (QED) is 0.270. The van der Waals surface area contributed by atoms with Gasteiger partial charge >= 0.3 is 0 Å². The molecule has 7 heteroatoms. The van der Waals surface area contributed by atoms with Gasteiger partial charge in [-0.25, -0.2) is 4.39 Å². The molecule has 0 radical (unpaired) electrons. The number of hydrogen-bond acceptors (Lipinski definition) is 2. The van der Waals surface area contributed by atoms with Gasteiger partial charge in [-0.1, -0.05) is 49.4 Å². The van der Waals surface area contributed by atoms with Crippen LogP contribution in [0.3, 0.4) is 0 Å². The maximum atomic E-state index is 13.7. The summed E-state index contributed by atoms with van der Waals surface area (Å²) < 4.78 is 13.7. The molecule has 2 aromatic carbocycles. The minimum absolute atomic E-state index is 0. The zero-order valence-electron chi connectivity index (χ0n) is 17.5. The van der Waals surface area contributed by atoms with Crippen LogP contribution in [0.5, 0.6) is 0 Å². The minimum Gasteiger partial charge on any atom is -0.354 e. The van der Waals surface area contributed by atoms with Gasteiger partial charge in [0.25, 0.3) is 5.91 Å². The first-order valence-corrected chi connectivity index (χ1v) is 10.1. The molecule has 1 aliphatic rings. The molecule has 3 rings (SSSR count). The highest BCUT2D eigenvalue weighted by Gasteiger charge is 2.28. The van der Waals surface area contributed by atoms with Crippen LogP contribution in [0.25, 0.3) is 0 Å². The number of nitrogens with zero attached hydrogens (tertiary/aromatic N) is 2. The molecule has 0 aliphatic carbocycles. The van der Waals surface area contributed by atoms with Gasteiger partial charge in [-0.05, 0) is 36.0 Å². The van der Waals surface area contributed by atoms with E-state index < -0.39 is 11.7 Å². The van der Waals surface area contributed by atoms with E-state index in [1.54, 1.807) is 19.2 Å². The van der Waals surface area contributed by atoms with Crippen LogP contribution < -0.4 is 10.6 Å². The molecule has 0 saturated carbocycles. The van der Waals surface area contributed by atoms with Gasteiger partial charge in [0.1, 0.15) is 5.82 Å². The third kappa shape index (κ3) is 6.17. The SMILES string of the molecule is CN=C(NCCNC(=O)c1ccccc1F)N1CCC(c2ccccc2)C(C)C1.I. The number of amides is 1. The van der Waals surface area contributed by atoms with Gasteiger partial charge in [-0.2, -0.15) is 0 Å². The standard InChI is InChI=1S/C23H29FN4O.HI/c1-17-16-28(15-12-19(17)18-8-4-3-5-9-18)23(25-2)27-14-13-26-22(29)20-10-6-7-11-21(20)24;/h3-11,17,19H,12-16H2,1-2H3,(H,25,27)(H,26,29);1H. The zero-order valence-corrected chi connectivity index (χ0v) is 19.8. The molecule has 2 N–H and O–H groups in total. The fourth-order valence-electron chi connectivity index (χ4n) is 3.96. The number of piperidine rings is 1. The van der Waals surface area contributed by atoms with E-state index in [0.717, 1.165) is 25.5 Å². The van der Waals surface area contributed by atoms with Crippen molar-refractivity contribution in [3.05, 3.63) is 71.5 Å². The Bertz CT molecular complexity index is 846. The maximum absolute atomic E-state index is 13.7. The van der Waals surface area contributed by atoms with E-state index in [9.17, 15) is 9.18 Å². The number of hydrogen-bond donors (Lipinski definition) is 2. The van der Waals surface area contributed by atoms with E-state index >= 15 is 0 Å². The van der Waals surface area contributed by atoms with Crippen molar-refractivity contribution in [1.29, 1.82) is 0 Å². The van der Waals surface area contributed by atoms with Gasteiger partial charge in [0.15, 0.2) is 5.96 Å². The van der Waals surface area contributed by atoms with E-state index in [1.807, 2.05) is 0 Å². The summed E-state index contributed by atoms with van der Waals surface area (Å²) in [5, 5.41) is 6.05. The monoisotopic (exact) mass is 524 g/mol. The van der Waals surface area contributed by atoms with Crippen molar-refractivity contribution in [2.24, 2.45) is 10.9 Å². The first kappa shape index (κ1) is 24.1. The highest BCUT2D eigenvalue weighted by Crippen LogP contribution is 2.32. The second-order valence-electron chi connectivity index (χ2n) is 7.44. The number of nitrogens with one attached hydrogen (secondary N) is 2. The van der Waals surface area contributed by atoms with Gasteiger partial charge in [-0.15, -0.1) is 24.0 Å². The summed E-state index contributed by atoms with van der Waals surface area (Å²) in [5.74, 6) is 1.00. The van der Waals surface area contributed by atoms with Crippen molar-refractivity contribution in [2.75, 3.05) is 33.2 Å². The third-order valence-corrected chi connectivity index (χ3v) is 5.46. The van der Waals surface area contributed by atoms with Crippen molar-refractivity contribution in [2.45, 2.75) is 19.3 Å². The van der Waals surface area contributed by atoms with Gasteiger partial charge in [-0.3, -0.25) is 9.79 Å². The normalized spacial score (nSPS) is 19.0. The van der Waals surface area contributed by atoms with Crippen LogP contribution in [0.1, 0.15) is 35.2 Å². The fraction of sp³-hybridized carbons (Fsp3) is 0.391. The number of carbonyl (C=O) groups excluding carboxylic acids is 1. The molecule has 1 fully saturated rings. The lowest BCUT2D eigenvalue weighted by molar-refractivity contribution is 0.0950. The summed E-state index contributed by atoms with van der Waals surface area (Å²) in [6.45, 7) is 5.07. The van der Waals surface area contributed by atoms with Crippen LogP contribution in [0.4, 0.5) is 4.39 Å². The molecule has 0 aromatic heterocycles. The fourth-order valence-corrected chi connectivity index (χ4v) is 3.96. The average Bonchev–Trinajstić information content (AvgIpc) is 2.74. The van der Waals surface area contributed by atoms with Crippen molar-refractivity contribution in [3.8, 4) is 0 Å². The second-order valence-corrected chi connectivity index (χ2v) is 7.44. The molecule has 2 aromatic rings. The molecule has 1 amide bonds. The summed E-state index contributed by atoms with van der Waals surface area (Å²) in [5.41, 5.74) is 1.46. The Morgan fingerprint density at radius 3 is 2.43 bits per heavy atom. The third-order valence-electron chi connectivity index (χ3n) is 5.46. The summed E-state index contributed by atoms with van der Waals surface area (Å²) in [4.78, 5) is 18.7. The van der Waals surface area contributed by atoms with Crippen molar-refractivity contribution in [3.63, 3.8) is 0 Å². The largest absolute Gasteiger partial charge is 0.354 e. The number of benzene rings is 2. The Kier molecular flexibility index (Phi) is 9.55. The van der Waals surface area contributed by atoms with Crippen LogP contribution in [0.15, 0.2) is 59.6 Å². The Morgan fingerprint density at radius 2 is 1.77 bits per heavy atom. The van der Waals surface area contributed by atoms with Crippen LogP contribution in [0.2, 0.25) is 0 Å². The second kappa shape index (κ2) is 11.9. The smallest absolute Gasteiger partial charge is 0.254 e. The number of rotatable bonds is 5. The lowest BCUT2D eigenvalue weighted by Crippen LogP contribution is -2.49. The Hall–Kier alpha value is -2.16. The summed E-state index contributed by atoms with van der Waals surface area (Å²) in [7, 11) is 1.77. The predicted molar refractivity (Wildman–Crippen MR) is 130 cm³/mol. The molecule has 1 saturated heterocycles. The number of likely N-dealkylation sites (tertiary alicyclic amines) is 1. The van der Waals surface area contributed by atoms with Crippen LogP contribution >= 0.6 is 24.0 Å². The molecular weight excluding hydrogens is 494 g/mol. The van der Waals surface area contributed by atoms with E-state index in [1.165, 1.54) is 17.7 Å². The van der Waals surface area contributed by atoms with Crippen LogP contribution in [0, 0.1) is 11.7 Å². The van der Waals surface area contributed by atoms with Gasteiger partial charge in [0.05, 0.1) is 5.56 Å². The summed E-state index contributed by atoms with van der Waals surface area (Å²) in [6.07, 6.45) is 1.08. The van der Waals surface area contributed by atoms with E-state index in [-0.39, 0.29) is 29.5 Å². The highest BCUT2D eigenvalue weighted by atomic mass is 127. The molecule has 2 atom stereocenters. The Balaban J connectivity index is 0.00000320. The first-order valence-electron chi connectivity index (χ1n) is 10.1.